The topological polar surface area (TPSA) is 38.1 Å². The zero-order valence-electron chi connectivity index (χ0n) is 15.2. The first-order valence-electron chi connectivity index (χ1n) is 9.61. The lowest BCUT2D eigenvalue weighted by Gasteiger charge is -2.22. The molecular weight excluding hydrogens is 330 g/mol. The van der Waals surface area contributed by atoms with Crippen LogP contribution in [0.2, 0.25) is 0 Å². The van der Waals surface area contributed by atoms with E-state index in [0.717, 1.165) is 56.5 Å². The summed E-state index contributed by atoms with van der Waals surface area (Å²) >= 11 is 1.44. The summed E-state index contributed by atoms with van der Waals surface area (Å²) in [5, 5.41) is 1.56. The lowest BCUT2D eigenvalue weighted by atomic mass is 10.1. The van der Waals surface area contributed by atoms with E-state index >= 15 is 0 Å². The first kappa shape index (κ1) is 17.1. The Balaban J connectivity index is 1.79. The number of hydrogen-bond acceptors (Lipinski definition) is 4. The third-order valence-electron chi connectivity index (χ3n) is 5.42. The summed E-state index contributed by atoms with van der Waals surface area (Å²) in [5.74, 6) is 0.494. The van der Waals surface area contributed by atoms with Gasteiger partial charge in [-0.2, -0.15) is 0 Å². The molecule has 2 bridgehead atoms. The van der Waals surface area contributed by atoms with Gasteiger partial charge in [0.1, 0.15) is 5.65 Å². The Kier molecular flexibility index (Phi) is 4.87. The van der Waals surface area contributed by atoms with E-state index in [1.807, 2.05) is 0 Å². The Morgan fingerprint density at radius 2 is 2.04 bits per heavy atom. The number of rotatable bonds is 1. The molecule has 1 saturated heterocycles. The maximum Gasteiger partial charge on any atom is 0.203 e. The highest BCUT2D eigenvalue weighted by Crippen LogP contribution is 2.38. The van der Waals surface area contributed by atoms with E-state index in [1.165, 1.54) is 23.0 Å². The van der Waals surface area contributed by atoms with Crippen molar-refractivity contribution in [2.75, 3.05) is 6.54 Å². The summed E-state index contributed by atoms with van der Waals surface area (Å²) in [6.45, 7) is 6.50. The summed E-state index contributed by atoms with van der Waals surface area (Å²) in [5.41, 5.74) is 3.63. The van der Waals surface area contributed by atoms with Gasteiger partial charge < -0.3 is 4.57 Å². The largest absolute Gasteiger partial charge is 0.329 e. The molecule has 5 heteroatoms. The lowest BCUT2D eigenvalue weighted by molar-refractivity contribution is -0.111. The van der Waals surface area contributed by atoms with Crippen molar-refractivity contribution < 1.29 is 4.79 Å². The second-order valence-electron chi connectivity index (χ2n) is 7.60. The van der Waals surface area contributed by atoms with Crippen LogP contribution in [-0.4, -0.2) is 25.5 Å². The van der Waals surface area contributed by atoms with Gasteiger partial charge in [-0.1, -0.05) is 20.3 Å². The van der Waals surface area contributed by atoms with Gasteiger partial charge in [0, 0.05) is 30.6 Å². The minimum Gasteiger partial charge on any atom is -0.329 e. The number of hydrogen-bond donors (Lipinski definition) is 0. The standard InChI is InChI=1S/C20H27N3OS/c1-14(2)18-13-15-9-10-16-17-7-6-12-23(17)25-19(24)8-4-3-5-11-22(18)20(15)21-16/h9-10,13-14,17H,3-8,11-12H2,1-2H3. The van der Waals surface area contributed by atoms with Crippen molar-refractivity contribution in [3.63, 3.8) is 0 Å². The van der Waals surface area contributed by atoms with Crippen molar-refractivity contribution >= 4 is 28.1 Å². The molecule has 0 saturated carbocycles. The van der Waals surface area contributed by atoms with Crippen LogP contribution in [0.4, 0.5) is 0 Å². The van der Waals surface area contributed by atoms with Gasteiger partial charge in [-0.3, -0.25) is 4.79 Å². The Morgan fingerprint density at radius 3 is 2.88 bits per heavy atom. The van der Waals surface area contributed by atoms with Crippen LogP contribution in [0.25, 0.3) is 11.0 Å². The zero-order chi connectivity index (χ0) is 17.4. The summed E-state index contributed by atoms with van der Waals surface area (Å²) in [4.78, 5) is 17.4. The molecule has 134 valence electrons. The summed E-state index contributed by atoms with van der Waals surface area (Å²) in [7, 11) is 0. The van der Waals surface area contributed by atoms with Gasteiger partial charge in [-0.05, 0) is 61.7 Å². The fourth-order valence-electron chi connectivity index (χ4n) is 4.10. The third kappa shape index (κ3) is 3.36. The summed E-state index contributed by atoms with van der Waals surface area (Å²) in [6, 6.07) is 6.98. The number of aromatic nitrogens is 2. The predicted octanol–water partition coefficient (Wildman–Crippen LogP) is 5.05. The molecule has 4 heterocycles. The highest BCUT2D eigenvalue weighted by Gasteiger charge is 2.30. The maximum atomic E-state index is 12.3. The van der Waals surface area contributed by atoms with Crippen molar-refractivity contribution in [2.24, 2.45) is 0 Å². The quantitative estimate of drug-likeness (QED) is 0.670. The number of pyridine rings is 1. The molecule has 2 aromatic heterocycles. The second-order valence-corrected chi connectivity index (χ2v) is 8.70. The monoisotopic (exact) mass is 357 g/mol. The maximum absolute atomic E-state index is 12.3. The lowest BCUT2D eigenvalue weighted by Crippen LogP contribution is -2.19. The van der Waals surface area contributed by atoms with Crippen LogP contribution in [0.3, 0.4) is 0 Å². The van der Waals surface area contributed by atoms with E-state index in [1.54, 1.807) is 0 Å². The zero-order valence-corrected chi connectivity index (χ0v) is 16.0. The number of aryl methyl sites for hydroxylation is 1. The predicted molar refractivity (Wildman–Crippen MR) is 104 cm³/mol. The fraction of sp³-hybridized carbons (Fsp3) is 0.600. The van der Waals surface area contributed by atoms with Crippen LogP contribution < -0.4 is 0 Å². The number of nitrogens with zero attached hydrogens (tertiary/aromatic N) is 3. The van der Waals surface area contributed by atoms with Crippen LogP contribution in [0.15, 0.2) is 18.2 Å². The van der Waals surface area contributed by atoms with Crippen LogP contribution in [0.1, 0.15) is 75.7 Å². The number of fused-ring (bicyclic) bond motifs is 3. The first-order valence-corrected chi connectivity index (χ1v) is 10.4. The molecule has 1 unspecified atom stereocenters. The summed E-state index contributed by atoms with van der Waals surface area (Å²) < 4.78 is 4.70. The fourth-order valence-corrected chi connectivity index (χ4v) is 5.16. The second kappa shape index (κ2) is 7.12. The molecule has 0 radical (unpaired) electrons. The van der Waals surface area contributed by atoms with E-state index < -0.39 is 0 Å². The minimum atomic E-state index is 0.268. The highest BCUT2D eigenvalue weighted by molar-refractivity contribution is 8.11. The normalized spacial score (nSPS) is 22.8. The van der Waals surface area contributed by atoms with Crippen molar-refractivity contribution in [3.05, 3.63) is 29.6 Å². The molecule has 2 aliphatic rings. The molecule has 0 N–H and O–H groups in total. The van der Waals surface area contributed by atoms with Crippen LogP contribution in [-0.2, 0) is 11.3 Å². The van der Waals surface area contributed by atoms with Gasteiger partial charge in [0.2, 0.25) is 5.12 Å². The Morgan fingerprint density at radius 1 is 1.16 bits per heavy atom. The van der Waals surface area contributed by atoms with E-state index in [0.29, 0.717) is 17.5 Å². The van der Waals surface area contributed by atoms with Gasteiger partial charge in [0.25, 0.3) is 0 Å². The first-order chi connectivity index (χ1) is 12.1. The van der Waals surface area contributed by atoms with E-state index in [-0.39, 0.29) is 6.04 Å². The van der Waals surface area contributed by atoms with Crippen molar-refractivity contribution in [3.8, 4) is 0 Å². The molecule has 1 fully saturated rings. The Labute approximate surface area is 154 Å². The molecule has 0 aliphatic carbocycles. The van der Waals surface area contributed by atoms with Crippen LogP contribution in [0, 0.1) is 0 Å². The Bertz CT molecular complexity index is 783. The van der Waals surface area contributed by atoms with E-state index in [2.05, 4.69) is 40.9 Å². The van der Waals surface area contributed by atoms with Gasteiger partial charge in [0.15, 0.2) is 0 Å². The number of carbonyl (C=O) groups is 1. The van der Waals surface area contributed by atoms with Gasteiger partial charge in [-0.25, -0.2) is 9.29 Å². The number of carbonyl (C=O) groups excluding carboxylic acids is 1. The summed E-state index contributed by atoms with van der Waals surface area (Å²) in [6.07, 6.45) is 6.14. The van der Waals surface area contributed by atoms with Crippen molar-refractivity contribution in [1.29, 1.82) is 0 Å². The highest BCUT2D eigenvalue weighted by atomic mass is 32.2. The average Bonchev–Trinajstić information content (AvgIpc) is 3.18. The van der Waals surface area contributed by atoms with Gasteiger partial charge >= 0.3 is 0 Å². The van der Waals surface area contributed by atoms with Crippen LogP contribution in [0.5, 0.6) is 0 Å². The molecule has 4 rings (SSSR count). The van der Waals surface area contributed by atoms with E-state index in [4.69, 9.17) is 4.98 Å². The SMILES string of the molecule is CC(C)c1cc2ccc3nc2n1CCCCCC(=O)SN1CCCC31. The van der Waals surface area contributed by atoms with Crippen LogP contribution >= 0.6 is 11.9 Å². The smallest absolute Gasteiger partial charge is 0.203 e. The molecule has 0 aromatic carbocycles. The molecule has 0 spiro atoms. The van der Waals surface area contributed by atoms with Crippen molar-refractivity contribution in [1.82, 2.24) is 13.9 Å². The molecular formula is C20H27N3OS. The minimum absolute atomic E-state index is 0.268. The molecule has 4 nitrogen and oxygen atoms in total. The molecule has 25 heavy (non-hydrogen) atoms. The molecule has 0 amide bonds. The third-order valence-corrected chi connectivity index (χ3v) is 6.50. The van der Waals surface area contributed by atoms with E-state index in [9.17, 15) is 4.79 Å². The van der Waals surface area contributed by atoms with Gasteiger partial charge in [0.05, 0.1) is 11.7 Å². The molecule has 2 aliphatic heterocycles. The molecule has 2 aromatic rings. The average molecular weight is 358 g/mol. The Hall–Kier alpha value is -1.33. The van der Waals surface area contributed by atoms with Crippen molar-refractivity contribution in [2.45, 2.75) is 70.9 Å². The van der Waals surface area contributed by atoms with Gasteiger partial charge in [-0.15, -0.1) is 0 Å². The molecule has 1 atom stereocenters.